The molecule has 4 heteroatoms. The minimum atomic E-state index is 0.175. The van der Waals surface area contributed by atoms with Gasteiger partial charge in [0.15, 0.2) is 5.78 Å². The predicted octanol–water partition coefficient (Wildman–Crippen LogP) is 3.08. The van der Waals surface area contributed by atoms with Crippen molar-refractivity contribution in [3.8, 4) is 0 Å². The Morgan fingerprint density at radius 3 is 3.00 bits per heavy atom. The van der Waals surface area contributed by atoms with Gasteiger partial charge in [0, 0.05) is 35.8 Å². The van der Waals surface area contributed by atoms with Crippen molar-refractivity contribution >= 4 is 17.4 Å². The standard InChI is InChI=1S/C17H23ClN2O/c1-13-10-19-8-3-2-7-16(19)11-20(13)12-17(21)14-5-4-6-15(18)9-14/h4-6,9,13,16H,2-3,7-8,10-12H2,1H3. The van der Waals surface area contributed by atoms with Gasteiger partial charge in [0.25, 0.3) is 0 Å². The number of halogens is 1. The number of piperidine rings is 1. The summed E-state index contributed by atoms with van der Waals surface area (Å²) >= 11 is 5.98. The van der Waals surface area contributed by atoms with E-state index in [2.05, 4.69) is 16.7 Å². The van der Waals surface area contributed by atoms with E-state index in [9.17, 15) is 4.79 Å². The molecule has 3 rings (SSSR count). The van der Waals surface area contributed by atoms with Crippen LogP contribution in [0.25, 0.3) is 0 Å². The van der Waals surface area contributed by atoms with Gasteiger partial charge in [0.05, 0.1) is 6.54 Å². The molecule has 0 aliphatic carbocycles. The Labute approximate surface area is 131 Å². The van der Waals surface area contributed by atoms with Gasteiger partial charge < -0.3 is 0 Å². The molecule has 3 nitrogen and oxygen atoms in total. The molecular weight excluding hydrogens is 284 g/mol. The van der Waals surface area contributed by atoms with Gasteiger partial charge in [-0.05, 0) is 38.4 Å². The van der Waals surface area contributed by atoms with E-state index < -0.39 is 0 Å². The van der Waals surface area contributed by atoms with Gasteiger partial charge in [0.1, 0.15) is 0 Å². The molecule has 1 aromatic rings. The van der Waals surface area contributed by atoms with Crippen LogP contribution in [-0.2, 0) is 0 Å². The third kappa shape index (κ3) is 3.47. The molecule has 2 aliphatic heterocycles. The lowest BCUT2D eigenvalue weighted by Gasteiger charge is -2.47. The van der Waals surface area contributed by atoms with Crippen molar-refractivity contribution in [3.05, 3.63) is 34.9 Å². The predicted molar refractivity (Wildman–Crippen MR) is 86.0 cm³/mol. The lowest BCUT2D eigenvalue weighted by molar-refractivity contribution is 0.0166. The van der Waals surface area contributed by atoms with Crippen LogP contribution in [0.4, 0.5) is 0 Å². The quantitative estimate of drug-likeness (QED) is 0.802. The molecule has 0 bridgehead atoms. The average Bonchev–Trinajstić information content (AvgIpc) is 2.48. The molecule has 0 amide bonds. The topological polar surface area (TPSA) is 23.6 Å². The zero-order valence-electron chi connectivity index (χ0n) is 12.6. The van der Waals surface area contributed by atoms with Gasteiger partial charge >= 0.3 is 0 Å². The molecule has 2 saturated heterocycles. The molecule has 2 unspecified atom stereocenters. The molecule has 2 heterocycles. The minimum absolute atomic E-state index is 0.175. The summed E-state index contributed by atoms with van der Waals surface area (Å²) in [5, 5.41) is 0.631. The molecule has 2 atom stereocenters. The summed E-state index contributed by atoms with van der Waals surface area (Å²) in [4.78, 5) is 17.4. The van der Waals surface area contributed by atoms with Gasteiger partial charge in [-0.15, -0.1) is 0 Å². The SMILES string of the molecule is CC1CN2CCCCC2CN1CC(=O)c1cccc(Cl)c1. The van der Waals surface area contributed by atoms with Crippen LogP contribution < -0.4 is 0 Å². The molecule has 114 valence electrons. The van der Waals surface area contributed by atoms with Gasteiger partial charge in [-0.1, -0.05) is 30.2 Å². The highest BCUT2D eigenvalue weighted by molar-refractivity contribution is 6.31. The average molecular weight is 307 g/mol. The summed E-state index contributed by atoms with van der Waals surface area (Å²) in [6, 6.07) is 8.37. The van der Waals surface area contributed by atoms with Crippen LogP contribution in [0.15, 0.2) is 24.3 Å². The Balaban J connectivity index is 1.65. The number of carbonyl (C=O) groups is 1. The second-order valence-corrected chi connectivity index (χ2v) is 6.79. The van der Waals surface area contributed by atoms with Crippen LogP contribution in [0.2, 0.25) is 5.02 Å². The maximum absolute atomic E-state index is 12.5. The molecule has 2 aliphatic rings. The molecule has 0 radical (unpaired) electrons. The Morgan fingerprint density at radius 1 is 1.33 bits per heavy atom. The first-order valence-electron chi connectivity index (χ1n) is 7.90. The van der Waals surface area contributed by atoms with Crippen molar-refractivity contribution in [1.29, 1.82) is 0 Å². The first-order chi connectivity index (χ1) is 10.1. The number of rotatable bonds is 3. The Kier molecular flexibility index (Phi) is 4.63. The van der Waals surface area contributed by atoms with E-state index >= 15 is 0 Å². The number of piperazine rings is 1. The van der Waals surface area contributed by atoms with E-state index in [0.29, 0.717) is 23.7 Å². The van der Waals surface area contributed by atoms with Crippen molar-refractivity contribution < 1.29 is 4.79 Å². The zero-order valence-corrected chi connectivity index (χ0v) is 13.4. The minimum Gasteiger partial charge on any atom is -0.298 e. The Morgan fingerprint density at radius 2 is 2.19 bits per heavy atom. The van der Waals surface area contributed by atoms with Gasteiger partial charge in [-0.25, -0.2) is 0 Å². The number of fused-ring (bicyclic) bond motifs is 1. The van der Waals surface area contributed by atoms with E-state index in [4.69, 9.17) is 11.6 Å². The van der Waals surface area contributed by atoms with E-state index in [-0.39, 0.29) is 5.78 Å². The van der Waals surface area contributed by atoms with E-state index in [0.717, 1.165) is 18.7 Å². The number of nitrogens with zero attached hydrogens (tertiary/aromatic N) is 2. The highest BCUT2D eigenvalue weighted by Crippen LogP contribution is 2.24. The summed E-state index contributed by atoms with van der Waals surface area (Å²) in [5.41, 5.74) is 0.723. The molecule has 21 heavy (non-hydrogen) atoms. The number of benzene rings is 1. The summed E-state index contributed by atoms with van der Waals surface area (Å²) in [6.45, 7) is 6.08. The normalized spacial score (nSPS) is 27.3. The largest absolute Gasteiger partial charge is 0.298 e. The first kappa shape index (κ1) is 15.0. The zero-order chi connectivity index (χ0) is 14.8. The summed E-state index contributed by atoms with van der Waals surface area (Å²) in [5.74, 6) is 0.175. The maximum atomic E-state index is 12.5. The highest BCUT2D eigenvalue weighted by Gasteiger charge is 2.33. The van der Waals surface area contributed by atoms with Crippen molar-refractivity contribution in [3.63, 3.8) is 0 Å². The highest BCUT2D eigenvalue weighted by atomic mass is 35.5. The number of Topliss-reactive ketones (excluding diaryl/α,β-unsaturated/α-hetero) is 1. The molecule has 1 aromatic carbocycles. The monoisotopic (exact) mass is 306 g/mol. The van der Waals surface area contributed by atoms with Crippen LogP contribution in [0.5, 0.6) is 0 Å². The van der Waals surface area contributed by atoms with E-state index in [1.807, 2.05) is 18.2 Å². The van der Waals surface area contributed by atoms with Crippen molar-refractivity contribution in [2.75, 3.05) is 26.2 Å². The van der Waals surface area contributed by atoms with Crippen LogP contribution in [0, 0.1) is 0 Å². The van der Waals surface area contributed by atoms with Crippen LogP contribution in [0.1, 0.15) is 36.5 Å². The van der Waals surface area contributed by atoms with Gasteiger partial charge in [0.2, 0.25) is 0 Å². The van der Waals surface area contributed by atoms with Crippen molar-refractivity contribution in [2.45, 2.75) is 38.3 Å². The van der Waals surface area contributed by atoms with Gasteiger partial charge in [-0.2, -0.15) is 0 Å². The van der Waals surface area contributed by atoms with Crippen LogP contribution in [-0.4, -0.2) is 53.8 Å². The number of hydrogen-bond acceptors (Lipinski definition) is 3. The smallest absolute Gasteiger partial charge is 0.176 e. The fourth-order valence-electron chi connectivity index (χ4n) is 3.57. The number of hydrogen-bond donors (Lipinski definition) is 0. The second-order valence-electron chi connectivity index (χ2n) is 6.36. The lowest BCUT2D eigenvalue weighted by Crippen LogP contribution is -2.59. The summed E-state index contributed by atoms with van der Waals surface area (Å²) in [6.07, 6.45) is 3.92. The number of carbonyl (C=O) groups excluding carboxylic acids is 1. The molecule has 2 fully saturated rings. The van der Waals surface area contributed by atoms with Crippen molar-refractivity contribution in [1.82, 2.24) is 9.80 Å². The fraction of sp³-hybridized carbons (Fsp3) is 0.588. The summed E-state index contributed by atoms with van der Waals surface area (Å²) in [7, 11) is 0. The Bertz CT molecular complexity index is 519. The molecular formula is C17H23ClN2O. The third-order valence-electron chi connectivity index (χ3n) is 4.81. The lowest BCUT2D eigenvalue weighted by atomic mass is 9.96. The molecule has 0 saturated carbocycles. The first-order valence-corrected chi connectivity index (χ1v) is 8.28. The van der Waals surface area contributed by atoms with Crippen LogP contribution >= 0.6 is 11.6 Å². The Hall–Kier alpha value is -0.900. The van der Waals surface area contributed by atoms with E-state index in [1.54, 1.807) is 6.07 Å². The maximum Gasteiger partial charge on any atom is 0.176 e. The number of ketones is 1. The summed E-state index contributed by atoms with van der Waals surface area (Å²) < 4.78 is 0. The molecule has 0 aromatic heterocycles. The second kappa shape index (κ2) is 6.47. The van der Waals surface area contributed by atoms with Crippen molar-refractivity contribution in [2.24, 2.45) is 0 Å². The van der Waals surface area contributed by atoms with Crippen LogP contribution in [0.3, 0.4) is 0 Å². The molecule has 0 spiro atoms. The van der Waals surface area contributed by atoms with E-state index in [1.165, 1.54) is 25.8 Å². The third-order valence-corrected chi connectivity index (χ3v) is 5.04. The fourth-order valence-corrected chi connectivity index (χ4v) is 3.76. The van der Waals surface area contributed by atoms with Gasteiger partial charge in [-0.3, -0.25) is 14.6 Å². The molecule has 0 N–H and O–H groups in total.